The predicted molar refractivity (Wildman–Crippen MR) is 99.4 cm³/mol. The Bertz CT molecular complexity index is 728. The first-order valence-corrected chi connectivity index (χ1v) is 8.65. The summed E-state index contributed by atoms with van der Waals surface area (Å²) in [5, 5.41) is 0. The highest BCUT2D eigenvalue weighted by Gasteiger charge is 2.25. The summed E-state index contributed by atoms with van der Waals surface area (Å²) < 4.78 is 5.23. The van der Waals surface area contributed by atoms with Crippen molar-refractivity contribution in [3.63, 3.8) is 0 Å². The molecule has 132 valence electrons. The van der Waals surface area contributed by atoms with E-state index in [4.69, 9.17) is 4.74 Å². The first-order valence-electron chi connectivity index (χ1n) is 8.65. The van der Waals surface area contributed by atoms with Gasteiger partial charge in [0.05, 0.1) is 7.11 Å². The second-order valence-corrected chi connectivity index (χ2v) is 6.66. The van der Waals surface area contributed by atoms with Gasteiger partial charge >= 0.3 is 0 Å². The Morgan fingerprint density at radius 2 is 2.00 bits per heavy atom. The highest BCUT2D eigenvalue weighted by Crippen LogP contribution is 2.29. The summed E-state index contributed by atoms with van der Waals surface area (Å²) in [7, 11) is 5.53. The van der Waals surface area contributed by atoms with Crippen LogP contribution in [0, 0.1) is 0 Å². The van der Waals surface area contributed by atoms with Crippen LogP contribution in [0.25, 0.3) is 0 Å². The number of amides is 1. The average molecular weight is 339 g/mol. The first kappa shape index (κ1) is 17.3. The van der Waals surface area contributed by atoms with Gasteiger partial charge in [-0.15, -0.1) is 0 Å². The molecule has 1 atom stereocenters. The molecule has 5 nitrogen and oxygen atoms in total. The fraction of sp³-hybridized carbons (Fsp3) is 0.400. The number of anilines is 1. The van der Waals surface area contributed by atoms with Gasteiger partial charge < -0.3 is 14.5 Å². The van der Waals surface area contributed by atoms with Crippen molar-refractivity contribution in [1.29, 1.82) is 0 Å². The molecule has 0 aliphatic carbocycles. The number of pyridine rings is 1. The molecule has 1 aromatic heterocycles. The molecule has 0 radical (unpaired) electrons. The molecule has 0 saturated carbocycles. The van der Waals surface area contributed by atoms with Gasteiger partial charge in [-0.05, 0) is 42.7 Å². The van der Waals surface area contributed by atoms with Crippen LogP contribution in [0.4, 0.5) is 5.82 Å². The van der Waals surface area contributed by atoms with Crippen LogP contribution in [0.15, 0.2) is 42.6 Å². The molecule has 0 spiro atoms. The Balaban J connectivity index is 1.74. The molecular formula is C20H25N3O2. The van der Waals surface area contributed by atoms with Crippen molar-refractivity contribution in [1.82, 2.24) is 9.88 Å². The van der Waals surface area contributed by atoms with Crippen molar-refractivity contribution < 1.29 is 9.53 Å². The smallest absolute Gasteiger partial charge is 0.254 e. The lowest BCUT2D eigenvalue weighted by molar-refractivity contribution is 0.0707. The fourth-order valence-corrected chi connectivity index (χ4v) is 3.29. The lowest BCUT2D eigenvalue weighted by Crippen LogP contribution is -2.39. The summed E-state index contributed by atoms with van der Waals surface area (Å²) in [4.78, 5) is 21.1. The number of nitrogens with zero attached hydrogens (tertiary/aromatic N) is 3. The van der Waals surface area contributed by atoms with E-state index in [0.717, 1.165) is 37.5 Å². The third-order valence-electron chi connectivity index (χ3n) is 4.75. The van der Waals surface area contributed by atoms with Crippen LogP contribution in [0.2, 0.25) is 0 Å². The zero-order valence-corrected chi connectivity index (χ0v) is 15.1. The summed E-state index contributed by atoms with van der Waals surface area (Å²) in [6, 6.07) is 11.8. The highest BCUT2D eigenvalue weighted by molar-refractivity contribution is 5.95. The number of benzene rings is 1. The van der Waals surface area contributed by atoms with Gasteiger partial charge in [0.25, 0.3) is 5.91 Å². The van der Waals surface area contributed by atoms with Crippen LogP contribution in [-0.2, 0) is 0 Å². The number of carbonyl (C=O) groups is 1. The van der Waals surface area contributed by atoms with E-state index in [1.807, 2.05) is 42.1 Å². The van der Waals surface area contributed by atoms with Crippen LogP contribution < -0.4 is 9.64 Å². The molecule has 1 aliphatic heterocycles. The minimum absolute atomic E-state index is 0.0868. The van der Waals surface area contributed by atoms with Gasteiger partial charge in [0.1, 0.15) is 11.6 Å². The van der Waals surface area contributed by atoms with Crippen LogP contribution in [0.3, 0.4) is 0 Å². The minimum Gasteiger partial charge on any atom is -0.497 e. The van der Waals surface area contributed by atoms with Crippen LogP contribution in [0.5, 0.6) is 5.75 Å². The van der Waals surface area contributed by atoms with Crippen molar-refractivity contribution in [2.45, 2.75) is 18.8 Å². The van der Waals surface area contributed by atoms with Crippen molar-refractivity contribution in [3.05, 3.63) is 53.7 Å². The number of carbonyl (C=O) groups excluding carboxylic acids is 1. The number of methoxy groups -OCH3 is 1. The standard InChI is InChI=1S/C20H25N3O2/c1-22(2)19-13-16(10-11-21-19)20(24)23-12-4-5-17(14-23)15-6-8-18(25-3)9-7-15/h6-11,13,17H,4-5,12,14H2,1-3H3/t17-/m1/s1. The number of hydrogen-bond acceptors (Lipinski definition) is 4. The molecule has 25 heavy (non-hydrogen) atoms. The van der Waals surface area contributed by atoms with Gasteiger partial charge in [-0.25, -0.2) is 4.98 Å². The minimum atomic E-state index is 0.0868. The molecule has 3 rings (SSSR count). The third kappa shape index (κ3) is 3.92. The van der Waals surface area contributed by atoms with Crippen molar-refractivity contribution >= 4 is 11.7 Å². The Labute approximate surface area is 149 Å². The fourth-order valence-electron chi connectivity index (χ4n) is 3.29. The number of hydrogen-bond donors (Lipinski definition) is 0. The van der Waals surface area contributed by atoms with Crippen LogP contribution in [-0.4, -0.2) is 50.1 Å². The van der Waals surface area contributed by atoms with Gasteiger partial charge in [-0.2, -0.15) is 0 Å². The Morgan fingerprint density at radius 1 is 1.24 bits per heavy atom. The second-order valence-electron chi connectivity index (χ2n) is 6.66. The number of ether oxygens (including phenoxy) is 1. The summed E-state index contributed by atoms with van der Waals surface area (Å²) in [6.45, 7) is 1.57. The zero-order chi connectivity index (χ0) is 17.8. The largest absolute Gasteiger partial charge is 0.497 e. The molecule has 0 bridgehead atoms. The maximum Gasteiger partial charge on any atom is 0.254 e. The third-order valence-corrected chi connectivity index (χ3v) is 4.75. The summed E-state index contributed by atoms with van der Waals surface area (Å²) >= 11 is 0. The molecule has 5 heteroatoms. The van der Waals surface area contributed by atoms with E-state index in [0.29, 0.717) is 11.5 Å². The van der Waals surface area contributed by atoms with Crippen molar-refractivity contribution in [2.75, 3.05) is 39.2 Å². The van der Waals surface area contributed by atoms with Crippen LogP contribution >= 0.6 is 0 Å². The monoisotopic (exact) mass is 339 g/mol. The molecule has 2 aromatic rings. The molecule has 1 fully saturated rings. The molecule has 1 saturated heterocycles. The lowest BCUT2D eigenvalue weighted by Gasteiger charge is -2.33. The van der Waals surface area contributed by atoms with Crippen LogP contribution in [0.1, 0.15) is 34.7 Å². The molecule has 1 aromatic carbocycles. The van der Waals surface area contributed by atoms with Gasteiger partial charge in [0.2, 0.25) is 0 Å². The first-order chi connectivity index (χ1) is 12.1. The van der Waals surface area contributed by atoms with E-state index >= 15 is 0 Å². The molecule has 1 aliphatic rings. The van der Waals surface area contributed by atoms with Gasteiger partial charge in [0, 0.05) is 44.9 Å². The van der Waals surface area contributed by atoms with E-state index in [9.17, 15) is 4.79 Å². The molecule has 0 unspecified atom stereocenters. The number of rotatable bonds is 4. The summed E-state index contributed by atoms with van der Waals surface area (Å²) in [5.41, 5.74) is 1.97. The Kier molecular flexibility index (Phi) is 5.22. The second kappa shape index (κ2) is 7.55. The van der Waals surface area contributed by atoms with Gasteiger partial charge in [-0.1, -0.05) is 12.1 Å². The Hall–Kier alpha value is -2.56. The summed E-state index contributed by atoms with van der Waals surface area (Å²) in [6.07, 6.45) is 3.83. The lowest BCUT2D eigenvalue weighted by atomic mass is 9.90. The Morgan fingerprint density at radius 3 is 2.68 bits per heavy atom. The van der Waals surface area contributed by atoms with E-state index in [-0.39, 0.29) is 5.91 Å². The maximum atomic E-state index is 12.9. The number of likely N-dealkylation sites (tertiary alicyclic amines) is 1. The topological polar surface area (TPSA) is 45.7 Å². The predicted octanol–water partition coefficient (Wildman–Crippen LogP) is 3.18. The van der Waals surface area contributed by atoms with E-state index in [1.165, 1.54) is 5.56 Å². The molecule has 2 heterocycles. The molecular weight excluding hydrogens is 314 g/mol. The van der Waals surface area contributed by atoms with E-state index in [1.54, 1.807) is 19.4 Å². The zero-order valence-electron chi connectivity index (χ0n) is 15.1. The number of aromatic nitrogens is 1. The van der Waals surface area contributed by atoms with E-state index < -0.39 is 0 Å². The SMILES string of the molecule is COc1ccc([C@@H]2CCCN(C(=O)c3ccnc(N(C)C)c3)C2)cc1. The van der Waals surface area contributed by atoms with Crippen molar-refractivity contribution in [3.8, 4) is 5.75 Å². The molecule has 1 amide bonds. The maximum absolute atomic E-state index is 12.9. The van der Waals surface area contributed by atoms with Gasteiger partial charge in [-0.3, -0.25) is 4.79 Å². The normalized spacial score (nSPS) is 17.2. The average Bonchev–Trinajstić information content (AvgIpc) is 2.67. The van der Waals surface area contributed by atoms with E-state index in [2.05, 4.69) is 17.1 Å². The molecule has 0 N–H and O–H groups in total. The number of piperidine rings is 1. The highest BCUT2D eigenvalue weighted by atomic mass is 16.5. The van der Waals surface area contributed by atoms with Gasteiger partial charge in [0.15, 0.2) is 0 Å². The van der Waals surface area contributed by atoms with Crippen molar-refractivity contribution in [2.24, 2.45) is 0 Å². The quantitative estimate of drug-likeness (QED) is 0.858. The summed E-state index contributed by atoms with van der Waals surface area (Å²) in [5.74, 6) is 2.12.